The fraction of sp³-hybridized carbons (Fsp3) is 0.500. The van der Waals surface area contributed by atoms with Gasteiger partial charge in [-0.15, -0.1) is 10.2 Å². The van der Waals surface area contributed by atoms with Crippen LogP contribution in [0.1, 0.15) is 36.3 Å². The molecule has 0 saturated heterocycles. The van der Waals surface area contributed by atoms with E-state index in [4.69, 9.17) is 4.42 Å². The molecule has 0 aromatic carbocycles. The molecule has 60 valence electrons. The van der Waals surface area contributed by atoms with Gasteiger partial charge in [-0.25, -0.2) is 0 Å². The van der Waals surface area contributed by atoms with Crippen LogP contribution in [0.15, 0.2) is 4.42 Å². The quantitative estimate of drug-likeness (QED) is 0.458. The van der Waals surface area contributed by atoms with E-state index in [9.17, 15) is 9.90 Å². The molecule has 0 radical (unpaired) electrons. The van der Waals surface area contributed by atoms with Crippen LogP contribution in [0.5, 0.6) is 0 Å². The molecule has 1 aromatic rings. The maximum absolute atomic E-state index is 10.1. The Morgan fingerprint density at radius 3 is 2.33 bits per heavy atom. The van der Waals surface area contributed by atoms with Crippen molar-refractivity contribution in [3.63, 3.8) is 0 Å². The largest absolute Gasteiger partial charge is 1.00 e. The van der Waals surface area contributed by atoms with E-state index in [-0.39, 0.29) is 57.3 Å². The molecule has 0 saturated carbocycles. The molecule has 1 heterocycles. The molecule has 12 heavy (non-hydrogen) atoms. The van der Waals surface area contributed by atoms with E-state index >= 15 is 0 Å². The van der Waals surface area contributed by atoms with Crippen LogP contribution in [0.25, 0.3) is 0 Å². The van der Waals surface area contributed by atoms with Gasteiger partial charge in [-0.1, -0.05) is 13.8 Å². The predicted molar refractivity (Wildman–Crippen MR) is 32.7 cm³/mol. The Balaban J connectivity index is 0.00000121. The fourth-order valence-corrected chi connectivity index (χ4v) is 0.550. The standard InChI is InChI=1S/C6H8N2O3.K/c1-3(2)4-7-8-5(11-4)6(9)10;/h3H,1-2H3,(H,9,10);/q;+1/p-1. The van der Waals surface area contributed by atoms with Crippen molar-refractivity contribution in [2.75, 3.05) is 0 Å². The molecule has 0 unspecified atom stereocenters. The molecular weight excluding hydrogens is 187 g/mol. The van der Waals surface area contributed by atoms with Crippen LogP contribution < -0.4 is 56.5 Å². The number of rotatable bonds is 2. The first-order valence-electron chi connectivity index (χ1n) is 3.16. The second-order valence-corrected chi connectivity index (χ2v) is 2.39. The molecule has 5 nitrogen and oxygen atoms in total. The molecule has 0 atom stereocenters. The van der Waals surface area contributed by atoms with Crippen molar-refractivity contribution < 1.29 is 65.7 Å². The van der Waals surface area contributed by atoms with E-state index in [2.05, 4.69) is 10.2 Å². The predicted octanol–water partition coefficient (Wildman–Crippen LogP) is -3.44. The summed E-state index contributed by atoms with van der Waals surface area (Å²) in [6.45, 7) is 3.65. The summed E-state index contributed by atoms with van der Waals surface area (Å²) in [5.74, 6) is -1.56. The molecule has 6 heteroatoms. The average Bonchev–Trinajstić information content (AvgIpc) is 2.33. The van der Waals surface area contributed by atoms with Crippen LogP contribution in [0.3, 0.4) is 0 Å². The van der Waals surface area contributed by atoms with Crippen LogP contribution in [-0.4, -0.2) is 16.2 Å². The Morgan fingerprint density at radius 1 is 1.50 bits per heavy atom. The number of carboxylic acids is 1. The van der Waals surface area contributed by atoms with E-state index in [1.54, 1.807) is 0 Å². The van der Waals surface area contributed by atoms with E-state index in [1.807, 2.05) is 13.8 Å². The third kappa shape index (κ3) is 2.95. The molecule has 0 aliphatic heterocycles. The third-order valence-electron chi connectivity index (χ3n) is 1.11. The zero-order valence-electron chi connectivity index (χ0n) is 7.20. The molecule has 0 fully saturated rings. The van der Waals surface area contributed by atoms with E-state index in [1.165, 1.54) is 0 Å². The third-order valence-corrected chi connectivity index (χ3v) is 1.11. The van der Waals surface area contributed by atoms with Crippen molar-refractivity contribution in [3.05, 3.63) is 11.8 Å². The van der Waals surface area contributed by atoms with Gasteiger partial charge in [-0.05, 0) is 0 Å². The van der Waals surface area contributed by atoms with Crippen molar-refractivity contribution in [2.24, 2.45) is 0 Å². The van der Waals surface area contributed by atoms with Crippen molar-refractivity contribution in [1.82, 2.24) is 10.2 Å². The van der Waals surface area contributed by atoms with Crippen molar-refractivity contribution in [3.8, 4) is 0 Å². The smallest absolute Gasteiger partial charge is 0.540 e. The van der Waals surface area contributed by atoms with Crippen molar-refractivity contribution in [2.45, 2.75) is 19.8 Å². The number of carbonyl (C=O) groups is 1. The average molecular weight is 194 g/mol. The van der Waals surface area contributed by atoms with Crippen LogP contribution in [0.4, 0.5) is 0 Å². The minimum absolute atomic E-state index is 0. The number of aromatic carboxylic acids is 1. The first kappa shape index (κ1) is 12.2. The van der Waals surface area contributed by atoms with Crippen LogP contribution >= 0.6 is 0 Å². The summed E-state index contributed by atoms with van der Waals surface area (Å²) in [7, 11) is 0. The minimum atomic E-state index is -1.44. The van der Waals surface area contributed by atoms with Crippen LogP contribution in [0.2, 0.25) is 0 Å². The van der Waals surface area contributed by atoms with Crippen molar-refractivity contribution in [1.29, 1.82) is 0 Å². The summed E-state index contributed by atoms with van der Waals surface area (Å²) in [5, 5.41) is 16.9. The molecular formula is C6H7KN2O3. The normalized spacial score (nSPS) is 9.58. The minimum Gasteiger partial charge on any atom is -0.540 e. The van der Waals surface area contributed by atoms with Gasteiger partial charge in [0.2, 0.25) is 5.89 Å². The second kappa shape index (κ2) is 5.08. The Hall–Kier alpha value is 0.246. The van der Waals surface area contributed by atoms with Gasteiger partial charge in [0, 0.05) is 5.92 Å². The number of hydrogen-bond donors (Lipinski definition) is 0. The number of carbonyl (C=O) groups excluding carboxylic acids is 1. The molecule has 1 rings (SSSR count). The van der Waals surface area contributed by atoms with E-state index < -0.39 is 11.9 Å². The van der Waals surface area contributed by atoms with Gasteiger partial charge in [0.15, 0.2) is 0 Å². The maximum Gasteiger partial charge on any atom is 1.00 e. The number of nitrogens with zero attached hydrogens (tertiary/aromatic N) is 2. The molecule has 0 amide bonds. The zero-order valence-corrected chi connectivity index (χ0v) is 10.3. The van der Waals surface area contributed by atoms with Crippen molar-refractivity contribution >= 4 is 5.97 Å². The molecule has 1 aromatic heterocycles. The maximum atomic E-state index is 10.1. The van der Waals surface area contributed by atoms with Crippen LogP contribution in [-0.2, 0) is 0 Å². The number of carboxylic acid groups (broad SMARTS) is 1. The molecule has 0 aliphatic carbocycles. The summed E-state index contributed by atoms with van der Waals surface area (Å²) in [5.41, 5.74) is 0. The van der Waals surface area contributed by atoms with Gasteiger partial charge < -0.3 is 14.3 Å². The monoisotopic (exact) mass is 194 g/mol. The second-order valence-electron chi connectivity index (χ2n) is 2.39. The summed E-state index contributed by atoms with van der Waals surface area (Å²) in [6, 6.07) is 0. The Morgan fingerprint density at radius 2 is 2.08 bits per heavy atom. The van der Waals surface area contributed by atoms with Gasteiger partial charge >= 0.3 is 51.4 Å². The topological polar surface area (TPSA) is 79.0 Å². The van der Waals surface area contributed by atoms with Gasteiger partial charge in [-0.3, -0.25) is 0 Å². The first-order valence-corrected chi connectivity index (χ1v) is 3.16. The Bertz CT molecular complexity index is 272. The molecule has 0 spiro atoms. The van der Waals surface area contributed by atoms with E-state index in [0.717, 1.165) is 0 Å². The summed E-state index contributed by atoms with van der Waals surface area (Å²) in [4.78, 5) is 10.1. The number of hydrogen-bond acceptors (Lipinski definition) is 5. The first-order chi connectivity index (χ1) is 5.11. The Kier molecular flexibility index (Phi) is 5.18. The van der Waals surface area contributed by atoms with Gasteiger partial charge in [0.25, 0.3) is 5.89 Å². The number of aromatic nitrogens is 2. The molecule has 0 N–H and O–H groups in total. The van der Waals surface area contributed by atoms with Gasteiger partial charge in [0.1, 0.15) is 5.97 Å². The Labute approximate surface area is 112 Å². The van der Waals surface area contributed by atoms with Gasteiger partial charge in [-0.2, -0.15) is 0 Å². The van der Waals surface area contributed by atoms with Crippen LogP contribution in [0, 0.1) is 0 Å². The fourth-order valence-electron chi connectivity index (χ4n) is 0.550. The summed E-state index contributed by atoms with van der Waals surface area (Å²) in [6.07, 6.45) is 0. The summed E-state index contributed by atoms with van der Waals surface area (Å²) < 4.78 is 4.72. The van der Waals surface area contributed by atoms with E-state index in [0.29, 0.717) is 5.89 Å². The SMILES string of the molecule is CC(C)c1nnc(C(=O)[O-])o1.[K+]. The van der Waals surface area contributed by atoms with Gasteiger partial charge in [0.05, 0.1) is 0 Å². The summed E-state index contributed by atoms with van der Waals surface area (Å²) >= 11 is 0. The molecule has 0 bridgehead atoms. The zero-order chi connectivity index (χ0) is 8.43. The molecule has 0 aliphatic rings.